The van der Waals surface area contributed by atoms with Gasteiger partial charge in [0.2, 0.25) is 0 Å². The molecular formula is C20H32IN7. The Labute approximate surface area is 185 Å². The van der Waals surface area contributed by atoms with Crippen LogP contribution >= 0.6 is 24.0 Å². The molecule has 0 saturated carbocycles. The van der Waals surface area contributed by atoms with Crippen molar-refractivity contribution in [3.05, 3.63) is 42.4 Å². The molecule has 154 valence electrons. The van der Waals surface area contributed by atoms with Gasteiger partial charge in [-0.05, 0) is 43.0 Å². The van der Waals surface area contributed by atoms with Gasteiger partial charge in [-0.1, -0.05) is 12.8 Å². The lowest BCUT2D eigenvalue weighted by Crippen LogP contribution is -2.37. The first-order valence-corrected chi connectivity index (χ1v) is 9.97. The summed E-state index contributed by atoms with van der Waals surface area (Å²) in [6.45, 7) is 4.73. The lowest BCUT2D eigenvalue weighted by Gasteiger charge is -2.22. The molecule has 0 spiro atoms. The molecule has 0 bridgehead atoms. The van der Waals surface area contributed by atoms with Crippen LogP contribution in [0.1, 0.15) is 37.7 Å². The molecule has 8 heteroatoms. The second-order valence-electron chi connectivity index (χ2n) is 6.90. The summed E-state index contributed by atoms with van der Waals surface area (Å²) in [7, 11) is 1.80. The van der Waals surface area contributed by atoms with Gasteiger partial charge in [-0.2, -0.15) is 5.10 Å². The Balaban J connectivity index is 0.00000280. The fourth-order valence-corrected chi connectivity index (χ4v) is 3.33. The molecule has 0 radical (unpaired) electrons. The molecule has 0 aromatic carbocycles. The predicted octanol–water partition coefficient (Wildman–Crippen LogP) is 3.03. The number of aryl methyl sites for hydroxylation is 1. The van der Waals surface area contributed by atoms with Crippen LogP contribution in [0.3, 0.4) is 0 Å². The van der Waals surface area contributed by atoms with E-state index in [1.54, 1.807) is 7.05 Å². The lowest BCUT2D eigenvalue weighted by molar-refractivity contribution is 0.570. The van der Waals surface area contributed by atoms with E-state index < -0.39 is 0 Å². The average molecular weight is 497 g/mol. The van der Waals surface area contributed by atoms with E-state index >= 15 is 0 Å². The van der Waals surface area contributed by atoms with Gasteiger partial charge in [0, 0.05) is 58.4 Å². The number of nitrogens with one attached hydrogen (secondary N) is 2. The predicted molar refractivity (Wildman–Crippen MR) is 125 cm³/mol. The minimum atomic E-state index is 0. The van der Waals surface area contributed by atoms with E-state index in [-0.39, 0.29) is 24.0 Å². The number of rotatable bonds is 7. The van der Waals surface area contributed by atoms with Crippen molar-refractivity contribution >= 4 is 35.8 Å². The van der Waals surface area contributed by atoms with Crippen LogP contribution in [0.15, 0.2) is 41.8 Å². The van der Waals surface area contributed by atoms with Crippen LogP contribution in [0.5, 0.6) is 0 Å². The van der Waals surface area contributed by atoms with Crippen molar-refractivity contribution in [2.24, 2.45) is 4.99 Å². The van der Waals surface area contributed by atoms with Crippen LogP contribution in [0.2, 0.25) is 0 Å². The van der Waals surface area contributed by atoms with E-state index in [2.05, 4.69) is 42.7 Å². The molecule has 3 heterocycles. The van der Waals surface area contributed by atoms with Gasteiger partial charge >= 0.3 is 0 Å². The Bertz CT molecular complexity index is 694. The van der Waals surface area contributed by atoms with Crippen LogP contribution in [-0.2, 0) is 13.1 Å². The zero-order chi connectivity index (χ0) is 18.7. The van der Waals surface area contributed by atoms with Crippen molar-refractivity contribution in [2.75, 3.05) is 31.6 Å². The monoisotopic (exact) mass is 497 g/mol. The number of halogens is 1. The zero-order valence-electron chi connectivity index (χ0n) is 16.7. The number of aromatic nitrogens is 3. The Morgan fingerprint density at radius 3 is 2.68 bits per heavy atom. The number of anilines is 1. The van der Waals surface area contributed by atoms with Gasteiger partial charge in [-0.3, -0.25) is 9.67 Å². The number of guanidine groups is 1. The quantitative estimate of drug-likeness (QED) is 0.267. The number of aliphatic imine (C=N–C) groups is 1. The second-order valence-corrected chi connectivity index (χ2v) is 6.90. The molecule has 0 atom stereocenters. The fourth-order valence-electron chi connectivity index (χ4n) is 3.33. The van der Waals surface area contributed by atoms with Crippen molar-refractivity contribution in [1.82, 2.24) is 25.4 Å². The molecule has 1 saturated heterocycles. The summed E-state index contributed by atoms with van der Waals surface area (Å²) >= 11 is 0. The van der Waals surface area contributed by atoms with Gasteiger partial charge in [0.15, 0.2) is 5.96 Å². The molecule has 3 rings (SSSR count). The minimum absolute atomic E-state index is 0. The summed E-state index contributed by atoms with van der Waals surface area (Å²) < 4.78 is 1.94. The molecule has 0 aliphatic carbocycles. The first-order valence-electron chi connectivity index (χ1n) is 9.97. The van der Waals surface area contributed by atoms with Crippen molar-refractivity contribution in [2.45, 2.75) is 45.2 Å². The Morgan fingerprint density at radius 2 is 1.96 bits per heavy atom. The SMILES string of the molecule is CN=C(NCCCn1cccn1)NCc1ccnc(N2CCCCCC2)c1.I. The van der Waals surface area contributed by atoms with Crippen LogP contribution in [-0.4, -0.2) is 47.4 Å². The third-order valence-corrected chi connectivity index (χ3v) is 4.84. The highest BCUT2D eigenvalue weighted by Crippen LogP contribution is 2.18. The zero-order valence-corrected chi connectivity index (χ0v) is 19.0. The number of hydrogen-bond donors (Lipinski definition) is 2. The number of hydrogen-bond acceptors (Lipinski definition) is 4. The van der Waals surface area contributed by atoms with E-state index in [1.165, 1.54) is 31.2 Å². The maximum absolute atomic E-state index is 4.58. The molecule has 1 aliphatic heterocycles. The highest BCUT2D eigenvalue weighted by molar-refractivity contribution is 14.0. The van der Waals surface area contributed by atoms with Crippen molar-refractivity contribution in [3.8, 4) is 0 Å². The van der Waals surface area contributed by atoms with Crippen LogP contribution in [0, 0.1) is 0 Å². The molecule has 1 fully saturated rings. The third kappa shape index (κ3) is 7.29. The minimum Gasteiger partial charge on any atom is -0.357 e. The summed E-state index contributed by atoms with van der Waals surface area (Å²) in [5, 5.41) is 11.0. The maximum atomic E-state index is 4.58. The van der Waals surface area contributed by atoms with Crippen molar-refractivity contribution in [1.29, 1.82) is 0 Å². The molecule has 7 nitrogen and oxygen atoms in total. The lowest BCUT2D eigenvalue weighted by atomic mass is 10.2. The molecule has 2 N–H and O–H groups in total. The summed E-state index contributed by atoms with van der Waals surface area (Å²) in [6, 6.07) is 6.21. The molecule has 0 amide bonds. The van der Waals surface area contributed by atoms with Crippen LogP contribution in [0.25, 0.3) is 0 Å². The molecule has 2 aromatic heterocycles. The highest BCUT2D eigenvalue weighted by atomic mass is 127. The summed E-state index contributed by atoms with van der Waals surface area (Å²) in [4.78, 5) is 11.3. The van der Waals surface area contributed by atoms with Gasteiger partial charge in [0.05, 0.1) is 0 Å². The van der Waals surface area contributed by atoms with Crippen LogP contribution in [0.4, 0.5) is 5.82 Å². The van der Waals surface area contributed by atoms with E-state index in [0.717, 1.165) is 50.9 Å². The molecule has 2 aromatic rings. The fraction of sp³-hybridized carbons (Fsp3) is 0.550. The van der Waals surface area contributed by atoms with E-state index in [9.17, 15) is 0 Å². The molecular weight excluding hydrogens is 465 g/mol. The number of pyridine rings is 1. The van der Waals surface area contributed by atoms with Gasteiger partial charge in [-0.15, -0.1) is 24.0 Å². The van der Waals surface area contributed by atoms with E-state index in [4.69, 9.17) is 0 Å². The summed E-state index contributed by atoms with van der Waals surface area (Å²) in [5.74, 6) is 1.92. The Morgan fingerprint density at radius 1 is 1.14 bits per heavy atom. The standard InChI is InChI=1S/C20H31N7.HI/c1-21-20(23-9-6-14-27-15-7-10-25-27)24-17-18-8-11-22-19(16-18)26-12-4-2-3-5-13-26;/h7-8,10-11,15-16H,2-6,9,12-14,17H2,1H3,(H2,21,23,24);1H. The third-order valence-electron chi connectivity index (χ3n) is 4.84. The van der Waals surface area contributed by atoms with Gasteiger partial charge in [0.1, 0.15) is 5.82 Å². The smallest absolute Gasteiger partial charge is 0.191 e. The van der Waals surface area contributed by atoms with Crippen LogP contribution < -0.4 is 15.5 Å². The average Bonchev–Trinajstić information content (AvgIpc) is 3.07. The highest BCUT2D eigenvalue weighted by Gasteiger charge is 2.11. The van der Waals surface area contributed by atoms with Gasteiger partial charge in [-0.25, -0.2) is 4.98 Å². The molecule has 1 aliphatic rings. The maximum Gasteiger partial charge on any atom is 0.191 e. The van der Waals surface area contributed by atoms with Crippen molar-refractivity contribution < 1.29 is 0 Å². The molecule has 28 heavy (non-hydrogen) atoms. The van der Waals surface area contributed by atoms with E-state index in [0.29, 0.717) is 0 Å². The van der Waals surface area contributed by atoms with Crippen molar-refractivity contribution in [3.63, 3.8) is 0 Å². The summed E-state index contributed by atoms with van der Waals surface area (Å²) in [6.07, 6.45) is 11.9. The van der Waals surface area contributed by atoms with Gasteiger partial charge < -0.3 is 15.5 Å². The topological polar surface area (TPSA) is 70.4 Å². The number of nitrogens with zero attached hydrogens (tertiary/aromatic N) is 5. The first kappa shape index (κ1) is 22.4. The second kappa shape index (κ2) is 12.6. The molecule has 0 unspecified atom stereocenters. The first-order chi connectivity index (χ1) is 13.3. The summed E-state index contributed by atoms with van der Waals surface area (Å²) in [5.41, 5.74) is 1.23. The Kier molecular flexibility index (Phi) is 10.1. The Hall–Kier alpha value is -1.84. The normalized spacial score (nSPS) is 14.9. The van der Waals surface area contributed by atoms with Gasteiger partial charge in [0.25, 0.3) is 0 Å². The largest absolute Gasteiger partial charge is 0.357 e. The van der Waals surface area contributed by atoms with E-state index in [1.807, 2.05) is 29.3 Å².